The zero-order valence-corrected chi connectivity index (χ0v) is 32.8. The molecule has 0 bridgehead atoms. The van der Waals surface area contributed by atoms with Crippen molar-refractivity contribution in [1.29, 1.82) is 0 Å². The summed E-state index contributed by atoms with van der Waals surface area (Å²) in [7, 11) is 0. The van der Waals surface area contributed by atoms with Gasteiger partial charge in [-0.05, 0) is 98.8 Å². The van der Waals surface area contributed by atoms with Crippen LogP contribution >= 0.6 is 0 Å². The highest BCUT2D eigenvalue weighted by Gasteiger charge is 2.38. The summed E-state index contributed by atoms with van der Waals surface area (Å²) in [5.41, 5.74) is -0.448. The van der Waals surface area contributed by atoms with Gasteiger partial charge in [0, 0.05) is 12.2 Å². The lowest BCUT2D eigenvalue weighted by atomic mass is 9.84. The van der Waals surface area contributed by atoms with Crippen molar-refractivity contribution in [2.45, 2.75) is 39.0 Å². The van der Waals surface area contributed by atoms with Crippen molar-refractivity contribution in [2.75, 3.05) is 46.2 Å². The Hall–Kier alpha value is -7.01. The molecular weight excluding hydrogens is 788 g/mol. The van der Waals surface area contributed by atoms with E-state index in [1.165, 1.54) is 66.7 Å². The van der Waals surface area contributed by atoms with Crippen LogP contribution in [0.2, 0.25) is 0 Å². The van der Waals surface area contributed by atoms with Crippen molar-refractivity contribution in [2.24, 2.45) is 5.41 Å². The predicted octanol–water partition coefficient (Wildman–Crippen LogP) is 6.76. The first kappa shape index (κ1) is 45.7. The molecule has 1 fully saturated rings. The number of carbonyl (C=O) groups is 7. The van der Waals surface area contributed by atoms with Gasteiger partial charge in [-0.15, -0.1) is 0 Å². The summed E-state index contributed by atoms with van der Waals surface area (Å²) in [6.07, 6.45) is 2.61. The van der Waals surface area contributed by atoms with E-state index in [1.54, 1.807) is 0 Å². The molecule has 3 aromatic rings. The van der Waals surface area contributed by atoms with Crippen LogP contribution < -0.4 is 18.9 Å². The van der Waals surface area contributed by atoms with Gasteiger partial charge in [0.1, 0.15) is 35.2 Å². The van der Waals surface area contributed by atoms with Gasteiger partial charge < -0.3 is 47.4 Å². The minimum atomic E-state index is -0.977. The number of unbranched alkanes of at least 4 members (excludes halogenated alkanes) is 2. The van der Waals surface area contributed by atoms with E-state index in [4.69, 9.17) is 47.4 Å². The lowest BCUT2D eigenvalue weighted by Gasteiger charge is -2.39. The van der Waals surface area contributed by atoms with Crippen LogP contribution in [0.1, 0.15) is 70.1 Å². The summed E-state index contributed by atoms with van der Waals surface area (Å²) in [6, 6.07) is 14.6. The summed E-state index contributed by atoms with van der Waals surface area (Å²) in [6.45, 7) is 9.74. The van der Waals surface area contributed by atoms with E-state index in [1.807, 2.05) is 6.92 Å². The summed E-state index contributed by atoms with van der Waals surface area (Å²) in [5, 5.41) is 0. The second-order valence-electron chi connectivity index (χ2n) is 13.0. The smallest absolute Gasteiger partial charge is 0.463 e. The number of esters is 5. The summed E-state index contributed by atoms with van der Waals surface area (Å²) >= 11 is 0. The molecule has 318 valence electrons. The maximum atomic E-state index is 13.4. The number of ether oxygens (including phenoxy) is 10. The van der Waals surface area contributed by atoms with E-state index in [2.05, 4.69) is 13.2 Å². The van der Waals surface area contributed by atoms with Gasteiger partial charge in [0.2, 0.25) is 0 Å². The molecular formula is C43H44O17. The predicted molar refractivity (Wildman–Crippen MR) is 208 cm³/mol. The highest BCUT2D eigenvalue weighted by atomic mass is 16.7. The largest absolute Gasteiger partial charge is 0.513 e. The van der Waals surface area contributed by atoms with Crippen molar-refractivity contribution in [3.05, 3.63) is 109 Å². The van der Waals surface area contributed by atoms with Crippen LogP contribution in [-0.2, 0) is 38.0 Å². The average Bonchev–Trinajstić information content (AvgIpc) is 3.23. The zero-order chi connectivity index (χ0) is 43.3. The highest BCUT2D eigenvalue weighted by molar-refractivity contribution is 5.97. The first-order valence-corrected chi connectivity index (χ1v) is 18.7. The summed E-state index contributed by atoms with van der Waals surface area (Å²) in [4.78, 5) is 85.9. The third-order valence-corrected chi connectivity index (χ3v) is 8.58. The maximum absolute atomic E-state index is 13.4. The zero-order valence-electron chi connectivity index (χ0n) is 32.8. The number of benzene rings is 3. The molecule has 1 saturated heterocycles. The Kier molecular flexibility index (Phi) is 17.8. The highest BCUT2D eigenvalue weighted by Crippen LogP contribution is 2.33. The minimum Gasteiger partial charge on any atom is -0.463 e. The molecule has 17 heteroatoms. The standard InChI is InChI=1S/C43H44O17/c1-4-36(44)52-21-7-9-23-54-41(49)58-31-15-11-29(12-16-31)38(46)57-33-19-20-35(34(25-33)40(48)56-28-43(6-3)26-51-27-43)60-39(47)30-13-17-32(18-14-30)59-42(50)55-24-10-8-22-53-37(45)5-2/h4-5,11-20,25H,1-2,6-10,21-24,26-28H2,3H3. The molecule has 0 saturated carbocycles. The SMILES string of the molecule is C=CC(=O)OCCCCOC(=O)Oc1ccc(C(=O)Oc2ccc(OC(=O)c3ccc(OC(=O)OCCCCOC(=O)C=C)cc3)c(C(=O)OCC3(CC)COC3)c2)cc1. The molecule has 0 radical (unpaired) electrons. The lowest BCUT2D eigenvalue weighted by Crippen LogP contribution is -2.46. The van der Waals surface area contributed by atoms with Gasteiger partial charge in [-0.25, -0.2) is 33.6 Å². The molecule has 0 unspecified atom stereocenters. The van der Waals surface area contributed by atoms with Crippen LogP contribution in [0.15, 0.2) is 92.0 Å². The Morgan fingerprint density at radius 2 is 1.02 bits per heavy atom. The fourth-order valence-electron chi connectivity index (χ4n) is 4.97. The normalized spacial score (nSPS) is 12.3. The van der Waals surface area contributed by atoms with Gasteiger partial charge in [-0.3, -0.25) is 0 Å². The molecule has 17 nitrogen and oxygen atoms in total. The number of carbonyl (C=O) groups excluding carboxylic acids is 7. The van der Waals surface area contributed by atoms with Gasteiger partial charge in [-0.2, -0.15) is 0 Å². The van der Waals surface area contributed by atoms with E-state index in [0.29, 0.717) is 45.3 Å². The molecule has 0 atom stereocenters. The van der Waals surface area contributed by atoms with Crippen molar-refractivity contribution >= 4 is 42.2 Å². The third-order valence-electron chi connectivity index (χ3n) is 8.58. The first-order valence-electron chi connectivity index (χ1n) is 18.7. The van der Waals surface area contributed by atoms with Gasteiger partial charge in [0.15, 0.2) is 0 Å². The quantitative estimate of drug-likeness (QED) is 0.0255. The van der Waals surface area contributed by atoms with Gasteiger partial charge in [0.25, 0.3) is 0 Å². The third kappa shape index (κ3) is 14.7. The molecule has 1 aliphatic rings. The number of rotatable bonds is 22. The lowest BCUT2D eigenvalue weighted by molar-refractivity contribution is -0.140. The molecule has 3 aromatic carbocycles. The fraction of sp³-hybridized carbons (Fsp3) is 0.326. The van der Waals surface area contributed by atoms with Gasteiger partial charge in [-0.1, -0.05) is 20.1 Å². The molecule has 0 aliphatic carbocycles. The Morgan fingerprint density at radius 1 is 0.567 bits per heavy atom. The van der Waals surface area contributed by atoms with Crippen molar-refractivity contribution in [1.82, 2.24) is 0 Å². The monoisotopic (exact) mass is 832 g/mol. The molecule has 0 N–H and O–H groups in total. The van der Waals surface area contributed by atoms with Crippen LogP contribution in [0.5, 0.6) is 23.0 Å². The van der Waals surface area contributed by atoms with E-state index in [-0.39, 0.29) is 78.1 Å². The topological polar surface area (TPSA) is 212 Å². The van der Waals surface area contributed by atoms with Crippen LogP contribution in [0, 0.1) is 5.41 Å². The number of hydrogen-bond donors (Lipinski definition) is 0. The van der Waals surface area contributed by atoms with Crippen LogP contribution in [0.25, 0.3) is 0 Å². The summed E-state index contributed by atoms with van der Waals surface area (Å²) < 4.78 is 51.9. The van der Waals surface area contributed by atoms with Crippen LogP contribution in [-0.4, -0.2) is 88.4 Å². The number of hydrogen-bond acceptors (Lipinski definition) is 17. The molecule has 1 heterocycles. The molecule has 1 aliphatic heterocycles. The van der Waals surface area contributed by atoms with Crippen molar-refractivity contribution in [3.63, 3.8) is 0 Å². The van der Waals surface area contributed by atoms with Gasteiger partial charge in [0.05, 0.1) is 56.2 Å². The molecule has 0 aromatic heterocycles. The van der Waals surface area contributed by atoms with Gasteiger partial charge >= 0.3 is 42.2 Å². The fourth-order valence-corrected chi connectivity index (χ4v) is 4.97. The van der Waals surface area contributed by atoms with Crippen LogP contribution in [0.4, 0.5) is 9.59 Å². The van der Waals surface area contributed by atoms with E-state index < -0.39 is 42.2 Å². The van der Waals surface area contributed by atoms with Crippen molar-refractivity contribution < 1.29 is 80.9 Å². The van der Waals surface area contributed by atoms with Crippen LogP contribution in [0.3, 0.4) is 0 Å². The Labute approximate surface area is 345 Å². The molecule has 60 heavy (non-hydrogen) atoms. The molecule has 4 rings (SSSR count). The van der Waals surface area contributed by atoms with E-state index in [0.717, 1.165) is 12.2 Å². The van der Waals surface area contributed by atoms with E-state index in [9.17, 15) is 33.6 Å². The van der Waals surface area contributed by atoms with Crippen molar-refractivity contribution in [3.8, 4) is 23.0 Å². The second kappa shape index (κ2) is 23.4. The second-order valence-corrected chi connectivity index (χ2v) is 13.0. The summed E-state index contributed by atoms with van der Waals surface area (Å²) in [5.74, 6) is -3.71. The Bertz CT molecular complexity index is 1990. The minimum absolute atomic E-state index is 0.0235. The van der Waals surface area contributed by atoms with E-state index >= 15 is 0 Å². The average molecular weight is 833 g/mol. The Morgan fingerprint density at radius 3 is 1.45 bits per heavy atom. The molecule has 0 amide bonds. The maximum Gasteiger partial charge on any atom is 0.513 e. The molecule has 0 spiro atoms. The Balaban J connectivity index is 1.34. The first-order chi connectivity index (χ1) is 28.9.